The third-order valence-electron chi connectivity index (χ3n) is 5.63. The highest BCUT2D eigenvalue weighted by molar-refractivity contribution is 5.97. The molecule has 0 aliphatic carbocycles. The van der Waals surface area contributed by atoms with E-state index in [1.54, 1.807) is 0 Å². The maximum absolute atomic E-state index is 12.9. The van der Waals surface area contributed by atoms with Crippen LogP contribution in [0.4, 0.5) is 0 Å². The molecule has 1 aromatic carbocycles. The Kier molecular flexibility index (Phi) is 7.28. The number of methoxy groups -OCH3 is 1. The third kappa shape index (κ3) is 5.35. The van der Waals surface area contributed by atoms with Crippen molar-refractivity contribution in [2.45, 2.75) is 19.3 Å². The van der Waals surface area contributed by atoms with E-state index in [9.17, 15) is 9.59 Å². The van der Waals surface area contributed by atoms with E-state index in [-0.39, 0.29) is 28.7 Å². The number of Topliss-reactive ketones (excluding diaryl/α,β-unsaturated/α-hetero) is 1. The molecule has 5 rings (SSSR count). The number of unbranched alkanes of at least 4 members (excludes halogenated alkanes) is 1. The van der Waals surface area contributed by atoms with Gasteiger partial charge in [-0.05, 0) is 37.1 Å². The Bertz CT molecular complexity index is 692. The minimum absolute atomic E-state index is 0. The van der Waals surface area contributed by atoms with E-state index in [0.717, 1.165) is 68.6 Å². The van der Waals surface area contributed by atoms with Crippen LogP contribution in [0.25, 0.3) is 0 Å². The van der Waals surface area contributed by atoms with Crippen LogP contribution in [0.5, 0.6) is 5.75 Å². The standard InChI is InChI=1S/C20H29N4O4.BrH/c1-27-20(26)4-2-3-9-28-18-7-5-17(6-8-18)19(25)10-24-14-21-11-22(15-24)13-23(12-21)16-24;/h5-8H,2-4,9-16H2,1H3;1H/q+1;/p-1. The number of carbonyl (C=O) groups excluding carboxylic acids is 2. The minimum atomic E-state index is -0.189. The van der Waals surface area contributed by atoms with Crippen molar-refractivity contribution in [2.24, 2.45) is 0 Å². The van der Waals surface area contributed by atoms with Gasteiger partial charge in [-0.25, -0.2) is 14.7 Å². The van der Waals surface area contributed by atoms with Gasteiger partial charge in [0, 0.05) is 12.0 Å². The van der Waals surface area contributed by atoms with Gasteiger partial charge in [0.15, 0.2) is 0 Å². The Morgan fingerprint density at radius 3 is 2.10 bits per heavy atom. The molecule has 4 aliphatic rings. The fraction of sp³-hybridized carbons (Fsp3) is 0.600. The first-order valence-corrected chi connectivity index (χ1v) is 9.90. The third-order valence-corrected chi connectivity index (χ3v) is 5.63. The summed E-state index contributed by atoms with van der Waals surface area (Å²) in [4.78, 5) is 31.2. The first-order valence-electron chi connectivity index (χ1n) is 9.90. The highest BCUT2D eigenvalue weighted by Crippen LogP contribution is 2.29. The number of halogens is 1. The van der Waals surface area contributed by atoms with Crippen LogP contribution >= 0.6 is 0 Å². The second-order valence-corrected chi connectivity index (χ2v) is 8.19. The van der Waals surface area contributed by atoms with Crippen molar-refractivity contribution < 1.29 is 40.5 Å². The molecule has 1 aromatic rings. The Morgan fingerprint density at radius 1 is 0.966 bits per heavy atom. The van der Waals surface area contributed by atoms with Gasteiger partial charge in [-0.1, -0.05) is 0 Å². The SMILES string of the molecule is COC(=O)CCCCOc1ccc(C(=O)C[N+]23CN4CN(CN(C4)C2)C3)cc1.[Br-]. The van der Waals surface area contributed by atoms with Gasteiger partial charge in [0.25, 0.3) is 0 Å². The Balaban J connectivity index is 0.00000240. The lowest BCUT2D eigenvalue weighted by atomic mass is 10.1. The van der Waals surface area contributed by atoms with Crippen LogP contribution in [0.3, 0.4) is 0 Å². The summed E-state index contributed by atoms with van der Waals surface area (Å²) in [6.07, 6.45) is 1.95. The number of hydrogen-bond acceptors (Lipinski definition) is 7. The van der Waals surface area contributed by atoms with Crippen molar-refractivity contribution in [3.8, 4) is 5.75 Å². The molecule has 4 aliphatic heterocycles. The Morgan fingerprint density at radius 2 is 1.55 bits per heavy atom. The first-order chi connectivity index (χ1) is 13.5. The van der Waals surface area contributed by atoms with Crippen LogP contribution in [-0.4, -0.2) is 91.2 Å². The summed E-state index contributed by atoms with van der Waals surface area (Å²) >= 11 is 0. The molecule has 0 spiro atoms. The molecular formula is C20H29BrN4O4. The fourth-order valence-corrected chi connectivity index (χ4v) is 4.60. The zero-order valence-electron chi connectivity index (χ0n) is 16.9. The number of carbonyl (C=O) groups is 2. The van der Waals surface area contributed by atoms with Gasteiger partial charge in [0.1, 0.15) is 32.3 Å². The molecule has 0 unspecified atom stereocenters. The number of quaternary nitrogens is 1. The van der Waals surface area contributed by atoms with E-state index in [4.69, 9.17) is 4.74 Å². The van der Waals surface area contributed by atoms with Crippen molar-refractivity contribution >= 4 is 11.8 Å². The summed E-state index contributed by atoms with van der Waals surface area (Å²) < 4.78 is 11.1. The van der Waals surface area contributed by atoms with Gasteiger partial charge in [-0.15, -0.1) is 0 Å². The van der Waals surface area contributed by atoms with Gasteiger partial charge >= 0.3 is 5.97 Å². The van der Waals surface area contributed by atoms with Gasteiger partial charge in [0.05, 0.1) is 33.7 Å². The highest BCUT2D eigenvalue weighted by Gasteiger charge is 2.49. The first kappa shape index (κ1) is 22.2. The Hall–Kier alpha value is -1.52. The lowest BCUT2D eigenvalue weighted by Gasteiger charge is -2.60. The highest BCUT2D eigenvalue weighted by atomic mass is 79.9. The number of nitrogens with zero attached hydrogens (tertiary/aromatic N) is 4. The summed E-state index contributed by atoms with van der Waals surface area (Å²) in [5.74, 6) is 0.753. The van der Waals surface area contributed by atoms with Gasteiger partial charge in [-0.2, -0.15) is 0 Å². The molecule has 0 saturated carbocycles. The number of ketones is 1. The van der Waals surface area contributed by atoms with Gasteiger partial charge in [-0.3, -0.25) is 14.1 Å². The quantitative estimate of drug-likeness (QED) is 0.181. The summed E-state index contributed by atoms with van der Waals surface area (Å²) in [5, 5.41) is 0. The number of hydrogen-bond donors (Lipinski definition) is 0. The smallest absolute Gasteiger partial charge is 0.305 e. The molecule has 4 fully saturated rings. The lowest BCUT2D eigenvalue weighted by molar-refractivity contribution is -0.973. The summed E-state index contributed by atoms with van der Waals surface area (Å²) in [5.41, 5.74) is 0.743. The molecule has 160 valence electrons. The van der Waals surface area contributed by atoms with Crippen molar-refractivity contribution in [1.29, 1.82) is 0 Å². The Labute approximate surface area is 182 Å². The summed E-state index contributed by atoms with van der Waals surface area (Å²) in [6, 6.07) is 7.43. The average molecular weight is 469 g/mol. The van der Waals surface area contributed by atoms with Crippen LogP contribution in [-0.2, 0) is 9.53 Å². The van der Waals surface area contributed by atoms with Crippen molar-refractivity contribution in [2.75, 3.05) is 60.3 Å². The molecule has 29 heavy (non-hydrogen) atoms. The molecular weight excluding hydrogens is 440 g/mol. The van der Waals surface area contributed by atoms with Crippen LogP contribution in [0.2, 0.25) is 0 Å². The maximum Gasteiger partial charge on any atom is 0.305 e. The number of benzene rings is 1. The van der Waals surface area contributed by atoms with Crippen LogP contribution in [0, 0.1) is 0 Å². The van der Waals surface area contributed by atoms with Crippen LogP contribution < -0.4 is 21.7 Å². The predicted octanol–water partition coefficient (Wildman–Crippen LogP) is -1.90. The minimum Gasteiger partial charge on any atom is -1.00 e. The fourth-order valence-electron chi connectivity index (χ4n) is 4.60. The molecule has 0 N–H and O–H groups in total. The molecule has 4 heterocycles. The second kappa shape index (κ2) is 9.53. The van der Waals surface area contributed by atoms with Crippen molar-refractivity contribution in [3.05, 3.63) is 29.8 Å². The number of rotatable bonds is 9. The number of ether oxygens (including phenoxy) is 2. The molecule has 8 nitrogen and oxygen atoms in total. The van der Waals surface area contributed by atoms with Crippen molar-refractivity contribution in [1.82, 2.24) is 14.7 Å². The molecule has 0 atom stereocenters. The molecule has 0 radical (unpaired) electrons. The van der Waals surface area contributed by atoms with E-state index >= 15 is 0 Å². The normalized spacial score (nSPS) is 29.2. The maximum atomic E-state index is 12.9. The predicted molar refractivity (Wildman–Crippen MR) is 102 cm³/mol. The van der Waals surface area contributed by atoms with E-state index in [1.165, 1.54) is 7.11 Å². The van der Waals surface area contributed by atoms with Gasteiger partial charge < -0.3 is 26.5 Å². The molecule has 0 amide bonds. The van der Waals surface area contributed by atoms with E-state index in [1.807, 2.05) is 24.3 Å². The zero-order chi connectivity index (χ0) is 19.6. The molecule has 4 saturated heterocycles. The monoisotopic (exact) mass is 468 g/mol. The lowest BCUT2D eigenvalue weighted by Crippen LogP contribution is -3.00. The van der Waals surface area contributed by atoms with Gasteiger partial charge in [0.2, 0.25) is 5.78 Å². The summed E-state index contributed by atoms with van der Waals surface area (Å²) in [6.45, 7) is 7.05. The van der Waals surface area contributed by atoms with Crippen LogP contribution in [0.15, 0.2) is 24.3 Å². The zero-order valence-corrected chi connectivity index (χ0v) is 18.5. The second-order valence-electron chi connectivity index (χ2n) is 8.19. The van der Waals surface area contributed by atoms with E-state index < -0.39 is 0 Å². The topological polar surface area (TPSA) is 62.3 Å². The molecule has 9 heteroatoms. The van der Waals surface area contributed by atoms with Crippen molar-refractivity contribution in [3.63, 3.8) is 0 Å². The number of esters is 1. The molecule has 4 bridgehead atoms. The van der Waals surface area contributed by atoms with E-state index in [0.29, 0.717) is 19.6 Å². The van der Waals surface area contributed by atoms with Crippen LogP contribution in [0.1, 0.15) is 29.6 Å². The molecule has 0 aromatic heterocycles. The summed E-state index contributed by atoms with van der Waals surface area (Å²) in [7, 11) is 1.40. The van der Waals surface area contributed by atoms with E-state index in [2.05, 4.69) is 19.4 Å². The average Bonchev–Trinajstić information content (AvgIpc) is 2.66. The largest absolute Gasteiger partial charge is 1.00 e.